The normalized spacial score (nSPS) is 11.4. The highest BCUT2D eigenvalue weighted by Gasteiger charge is 2.38. The maximum atomic E-state index is 12.4. The number of hydrogen-bond acceptors (Lipinski definition) is 11. The van der Waals surface area contributed by atoms with Gasteiger partial charge in [0.25, 0.3) is 0 Å². The number of alkyl halides is 3. The Hall–Kier alpha value is -3.93. The number of hydrogen-bond donors (Lipinski definition) is 3. The van der Waals surface area contributed by atoms with Gasteiger partial charge in [-0.05, 0) is 31.3 Å². The summed E-state index contributed by atoms with van der Waals surface area (Å²) in [5.41, 5.74) is 1.97. The minimum atomic E-state index is -5.08. The van der Waals surface area contributed by atoms with E-state index < -0.39 is 22.2 Å². The highest BCUT2D eigenvalue weighted by molar-refractivity contribution is 7.89. The number of carboxylic acid groups (broad SMARTS) is 1. The van der Waals surface area contributed by atoms with Gasteiger partial charge in [0.05, 0.1) is 35.0 Å². The van der Waals surface area contributed by atoms with E-state index in [0.717, 1.165) is 5.69 Å². The van der Waals surface area contributed by atoms with E-state index in [0.29, 0.717) is 60.3 Å². The SMILES string of the molecule is CNS(=O)(=O)c1ccc(N(C)C)c(Nc2ncnc3cc(OCCOC)c(OCCOC)cc23)c1.O=C(O)C(F)(F)F. The molecule has 0 amide bonds. The van der Waals surface area contributed by atoms with Crippen molar-refractivity contribution in [3.63, 3.8) is 0 Å². The fraction of sp³-hybridized carbons (Fsp3) is 0.400. The molecule has 0 radical (unpaired) electrons. The van der Waals surface area contributed by atoms with Crippen LogP contribution in [0.5, 0.6) is 11.5 Å². The summed E-state index contributed by atoms with van der Waals surface area (Å²) >= 11 is 0. The topological polar surface area (TPSA) is 161 Å². The molecule has 17 heteroatoms. The molecule has 2 aromatic carbocycles. The Bertz CT molecular complexity index is 1460. The van der Waals surface area contributed by atoms with E-state index in [1.807, 2.05) is 19.0 Å². The maximum absolute atomic E-state index is 12.4. The van der Waals surface area contributed by atoms with Crippen LogP contribution in [0.3, 0.4) is 0 Å². The molecule has 13 nitrogen and oxygen atoms in total. The second kappa shape index (κ2) is 15.3. The Morgan fingerprint density at radius 3 is 2.05 bits per heavy atom. The van der Waals surface area contributed by atoms with Gasteiger partial charge in [-0.25, -0.2) is 27.9 Å². The van der Waals surface area contributed by atoms with E-state index in [-0.39, 0.29) is 4.90 Å². The number of nitrogens with zero attached hydrogens (tertiary/aromatic N) is 3. The molecular weight excluding hydrogens is 587 g/mol. The Labute approximate surface area is 240 Å². The van der Waals surface area contributed by atoms with Crippen molar-refractivity contribution in [3.8, 4) is 11.5 Å². The van der Waals surface area contributed by atoms with Crippen LogP contribution in [0.4, 0.5) is 30.4 Å². The van der Waals surface area contributed by atoms with Gasteiger partial charge in [0.1, 0.15) is 25.4 Å². The molecule has 42 heavy (non-hydrogen) atoms. The molecule has 1 aromatic heterocycles. The highest BCUT2D eigenvalue weighted by atomic mass is 32.2. The van der Waals surface area contributed by atoms with Crippen LogP contribution in [0.2, 0.25) is 0 Å². The number of rotatable bonds is 13. The summed E-state index contributed by atoms with van der Waals surface area (Å²) < 4.78 is 80.8. The number of methoxy groups -OCH3 is 2. The second-order valence-corrected chi connectivity index (χ2v) is 10.3. The number of sulfonamides is 1. The zero-order chi connectivity index (χ0) is 31.5. The number of fused-ring (bicyclic) bond motifs is 1. The fourth-order valence-electron chi connectivity index (χ4n) is 3.28. The van der Waals surface area contributed by atoms with Gasteiger partial charge in [-0.1, -0.05) is 0 Å². The van der Waals surface area contributed by atoms with E-state index in [1.54, 1.807) is 44.6 Å². The first kappa shape index (κ1) is 34.3. The lowest BCUT2D eigenvalue weighted by atomic mass is 10.2. The van der Waals surface area contributed by atoms with Gasteiger partial charge in [-0.2, -0.15) is 13.2 Å². The summed E-state index contributed by atoms with van der Waals surface area (Å²) in [6.07, 6.45) is -3.65. The molecule has 0 saturated heterocycles. The molecule has 0 unspecified atom stereocenters. The first-order valence-electron chi connectivity index (χ1n) is 12.1. The van der Waals surface area contributed by atoms with Gasteiger partial charge >= 0.3 is 12.1 Å². The van der Waals surface area contributed by atoms with Crippen LogP contribution in [-0.4, -0.2) is 97.4 Å². The molecule has 0 aliphatic rings. The molecule has 3 N–H and O–H groups in total. The smallest absolute Gasteiger partial charge is 0.487 e. The molecule has 0 aliphatic heterocycles. The Balaban J connectivity index is 0.000000782. The lowest BCUT2D eigenvalue weighted by Gasteiger charge is -2.20. The number of aromatic nitrogens is 2. The number of carbonyl (C=O) groups is 1. The minimum Gasteiger partial charge on any atom is -0.487 e. The van der Waals surface area contributed by atoms with Crippen molar-refractivity contribution in [3.05, 3.63) is 36.7 Å². The van der Waals surface area contributed by atoms with Gasteiger partial charge < -0.3 is 34.3 Å². The number of carboxylic acids is 1. The zero-order valence-corrected chi connectivity index (χ0v) is 24.3. The summed E-state index contributed by atoms with van der Waals surface area (Å²) in [5, 5.41) is 11.1. The molecule has 3 aromatic rings. The van der Waals surface area contributed by atoms with E-state index >= 15 is 0 Å². The largest absolute Gasteiger partial charge is 0.490 e. The molecule has 0 saturated carbocycles. The third-order valence-electron chi connectivity index (χ3n) is 5.32. The molecular formula is C25H32F3N5O8S. The van der Waals surface area contributed by atoms with Crippen LogP contribution in [0.15, 0.2) is 41.6 Å². The van der Waals surface area contributed by atoms with Gasteiger partial charge in [0.15, 0.2) is 11.5 Å². The van der Waals surface area contributed by atoms with Gasteiger partial charge in [-0.3, -0.25) is 0 Å². The number of aliphatic carboxylic acids is 1. The lowest BCUT2D eigenvalue weighted by molar-refractivity contribution is -0.192. The van der Waals surface area contributed by atoms with Gasteiger partial charge in [0, 0.05) is 39.8 Å². The monoisotopic (exact) mass is 619 g/mol. The van der Waals surface area contributed by atoms with Crippen LogP contribution in [-0.2, 0) is 24.3 Å². The fourth-order valence-corrected chi connectivity index (χ4v) is 4.03. The molecule has 232 valence electrons. The first-order valence-corrected chi connectivity index (χ1v) is 13.6. The van der Waals surface area contributed by atoms with E-state index in [4.69, 9.17) is 28.8 Å². The first-order chi connectivity index (χ1) is 19.7. The molecule has 0 bridgehead atoms. The van der Waals surface area contributed by atoms with Crippen LogP contribution >= 0.6 is 0 Å². The van der Waals surface area contributed by atoms with Crippen LogP contribution in [0, 0.1) is 0 Å². The lowest BCUT2D eigenvalue weighted by Crippen LogP contribution is -2.21. The summed E-state index contributed by atoms with van der Waals surface area (Å²) in [7, 11) is 4.68. The number of nitrogens with one attached hydrogen (secondary N) is 2. The van der Waals surface area contributed by atoms with Crippen molar-refractivity contribution >= 4 is 44.1 Å². The van der Waals surface area contributed by atoms with Crippen molar-refractivity contribution in [1.29, 1.82) is 0 Å². The van der Waals surface area contributed by atoms with Crippen LogP contribution in [0.1, 0.15) is 0 Å². The predicted octanol–water partition coefficient (Wildman–Crippen LogP) is 3.03. The van der Waals surface area contributed by atoms with Crippen LogP contribution < -0.4 is 24.4 Å². The summed E-state index contributed by atoms with van der Waals surface area (Å²) in [5.74, 6) is -1.25. The molecule has 0 spiro atoms. The van der Waals surface area contributed by atoms with Crippen molar-refractivity contribution in [2.45, 2.75) is 11.1 Å². The van der Waals surface area contributed by atoms with E-state index in [1.165, 1.54) is 13.4 Å². The van der Waals surface area contributed by atoms with E-state index in [2.05, 4.69) is 20.0 Å². The summed E-state index contributed by atoms with van der Waals surface area (Å²) in [6, 6.07) is 8.41. The molecule has 0 atom stereocenters. The van der Waals surface area contributed by atoms with Gasteiger partial charge in [0.2, 0.25) is 10.0 Å². The average molecular weight is 620 g/mol. The molecule has 0 aliphatic carbocycles. The third-order valence-corrected chi connectivity index (χ3v) is 6.73. The average Bonchev–Trinajstić information content (AvgIpc) is 2.93. The molecule has 3 rings (SSSR count). The highest BCUT2D eigenvalue weighted by Crippen LogP contribution is 2.37. The number of benzene rings is 2. The maximum Gasteiger partial charge on any atom is 0.490 e. The Morgan fingerprint density at radius 2 is 1.55 bits per heavy atom. The standard InChI is InChI=1S/C23H31N5O6S.C2HF3O2/c1-24-35(29,30)16-6-7-20(28(2)3)19(12-16)27-23-17-13-21(33-10-8-31-4)22(34-11-9-32-5)14-18(17)25-15-26-23;3-2(4,5)1(6)7/h6-7,12-15,24H,8-11H2,1-5H3,(H,25,26,27);(H,6,7). The quantitative estimate of drug-likeness (QED) is 0.240. The molecule has 1 heterocycles. The zero-order valence-electron chi connectivity index (χ0n) is 23.5. The predicted molar refractivity (Wildman–Crippen MR) is 148 cm³/mol. The Kier molecular flexibility index (Phi) is 12.5. The van der Waals surface area contributed by atoms with Crippen molar-refractivity contribution in [1.82, 2.24) is 14.7 Å². The van der Waals surface area contributed by atoms with Gasteiger partial charge in [-0.15, -0.1) is 0 Å². The summed E-state index contributed by atoms with van der Waals surface area (Å²) in [6.45, 7) is 1.50. The number of halogens is 3. The molecule has 0 fully saturated rings. The van der Waals surface area contributed by atoms with E-state index in [9.17, 15) is 21.6 Å². The summed E-state index contributed by atoms with van der Waals surface area (Å²) in [4.78, 5) is 19.7. The third kappa shape index (κ3) is 9.57. The number of anilines is 3. The number of ether oxygens (including phenoxy) is 4. The van der Waals surface area contributed by atoms with Crippen molar-refractivity contribution in [2.24, 2.45) is 0 Å². The van der Waals surface area contributed by atoms with Crippen molar-refractivity contribution < 1.29 is 50.4 Å². The van der Waals surface area contributed by atoms with Crippen LogP contribution in [0.25, 0.3) is 10.9 Å². The van der Waals surface area contributed by atoms with Crippen molar-refractivity contribution in [2.75, 3.05) is 72.0 Å². The Morgan fingerprint density at radius 1 is 0.976 bits per heavy atom. The second-order valence-electron chi connectivity index (χ2n) is 8.43. The minimum absolute atomic E-state index is 0.129.